The number of nitrogens with zero attached hydrogens (tertiary/aromatic N) is 3. The van der Waals surface area contributed by atoms with Crippen LogP contribution in [0.4, 0.5) is 4.39 Å². The van der Waals surface area contributed by atoms with Crippen molar-refractivity contribution in [1.82, 2.24) is 10.3 Å². The molecule has 1 aromatic heterocycles. The SMILES string of the molecule is O=C(COc1ccccc1)Cc1nonc1C(Cc1ccc(F)c(Br)c1)=NO. The number of benzene rings is 2. The maximum absolute atomic E-state index is 13.4. The Kier molecular flexibility index (Phi) is 6.49. The monoisotopic (exact) mass is 447 g/mol. The van der Waals surface area contributed by atoms with Crippen LogP contribution in [0.5, 0.6) is 5.75 Å². The van der Waals surface area contributed by atoms with Crippen LogP contribution in [0.1, 0.15) is 17.0 Å². The van der Waals surface area contributed by atoms with E-state index in [1.807, 2.05) is 6.07 Å². The number of para-hydroxylation sites is 1. The van der Waals surface area contributed by atoms with Crippen LogP contribution >= 0.6 is 15.9 Å². The van der Waals surface area contributed by atoms with E-state index in [0.29, 0.717) is 11.3 Å². The zero-order valence-corrected chi connectivity index (χ0v) is 16.1. The summed E-state index contributed by atoms with van der Waals surface area (Å²) < 4.78 is 23.8. The third-order valence-electron chi connectivity index (χ3n) is 3.81. The highest BCUT2D eigenvalue weighted by Gasteiger charge is 2.20. The van der Waals surface area contributed by atoms with Gasteiger partial charge in [0.15, 0.2) is 11.5 Å². The largest absolute Gasteiger partial charge is 0.486 e. The molecule has 0 saturated heterocycles. The van der Waals surface area contributed by atoms with Crippen molar-refractivity contribution in [2.45, 2.75) is 12.8 Å². The minimum absolute atomic E-state index is 0.0994. The lowest BCUT2D eigenvalue weighted by Crippen LogP contribution is -2.17. The number of hydrogen-bond acceptors (Lipinski definition) is 7. The fourth-order valence-corrected chi connectivity index (χ4v) is 2.90. The first-order chi connectivity index (χ1) is 13.6. The quantitative estimate of drug-likeness (QED) is 0.322. The first-order valence-corrected chi connectivity index (χ1v) is 9.02. The van der Waals surface area contributed by atoms with E-state index in [2.05, 4.69) is 31.4 Å². The van der Waals surface area contributed by atoms with Crippen LogP contribution in [-0.2, 0) is 17.6 Å². The molecule has 3 rings (SSSR count). The van der Waals surface area contributed by atoms with Crippen molar-refractivity contribution in [1.29, 1.82) is 0 Å². The van der Waals surface area contributed by atoms with Gasteiger partial charge in [0.25, 0.3) is 0 Å². The molecular formula is C19H15BrFN3O4. The summed E-state index contributed by atoms with van der Waals surface area (Å²) in [6, 6.07) is 13.3. The molecule has 0 bridgehead atoms. The predicted molar refractivity (Wildman–Crippen MR) is 101 cm³/mol. The smallest absolute Gasteiger partial charge is 0.176 e. The fraction of sp³-hybridized carbons (Fsp3) is 0.158. The summed E-state index contributed by atoms with van der Waals surface area (Å²) in [5, 5.41) is 20.1. The Morgan fingerprint density at radius 3 is 2.68 bits per heavy atom. The lowest BCUT2D eigenvalue weighted by Gasteiger charge is -2.06. The maximum Gasteiger partial charge on any atom is 0.176 e. The number of carbonyl (C=O) groups is 1. The molecule has 0 aliphatic rings. The van der Waals surface area contributed by atoms with Gasteiger partial charge < -0.3 is 9.94 Å². The Bertz CT molecular complexity index is 992. The van der Waals surface area contributed by atoms with Crippen LogP contribution in [0.15, 0.2) is 62.8 Å². The average Bonchev–Trinajstić information content (AvgIpc) is 3.16. The molecule has 3 aromatic rings. The lowest BCUT2D eigenvalue weighted by atomic mass is 10.0. The Morgan fingerprint density at radius 2 is 1.96 bits per heavy atom. The Hall–Kier alpha value is -3.07. The summed E-state index contributed by atoms with van der Waals surface area (Å²) in [5.41, 5.74) is 1.21. The molecule has 28 heavy (non-hydrogen) atoms. The molecule has 0 unspecified atom stereocenters. The van der Waals surface area contributed by atoms with Crippen LogP contribution in [0.25, 0.3) is 0 Å². The van der Waals surface area contributed by atoms with Crippen LogP contribution in [0.2, 0.25) is 0 Å². The number of carbonyl (C=O) groups excluding carboxylic acids is 1. The van der Waals surface area contributed by atoms with E-state index in [9.17, 15) is 14.4 Å². The standard InChI is InChI=1S/C19H15BrFN3O4/c20-15-8-12(6-7-16(15)21)9-17(22-26)19-18(23-28-24-19)10-13(25)11-27-14-4-2-1-3-5-14/h1-8,26H,9-11H2. The van der Waals surface area contributed by atoms with Gasteiger partial charge in [-0.2, -0.15) is 0 Å². The minimum atomic E-state index is -0.404. The first-order valence-electron chi connectivity index (χ1n) is 8.23. The number of rotatable bonds is 8. The maximum atomic E-state index is 13.4. The van der Waals surface area contributed by atoms with Crippen molar-refractivity contribution in [3.05, 3.63) is 75.8 Å². The average molecular weight is 448 g/mol. The second-order valence-corrected chi connectivity index (χ2v) is 6.70. The van der Waals surface area contributed by atoms with Gasteiger partial charge in [-0.25, -0.2) is 9.02 Å². The van der Waals surface area contributed by atoms with Crippen molar-refractivity contribution in [3.8, 4) is 5.75 Å². The van der Waals surface area contributed by atoms with Crippen LogP contribution < -0.4 is 4.74 Å². The topological polar surface area (TPSA) is 97.8 Å². The summed E-state index contributed by atoms with van der Waals surface area (Å²) in [4.78, 5) is 12.2. The van der Waals surface area contributed by atoms with E-state index in [1.54, 1.807) is 36.4 Å². The summed E-state index contributed by atoms with van der Waals surface area (Å²) in [6.07, 6.45) is 0.0447. The highest BCUT2D eigenvalue weighted by molar-refractivity contribution is 9.10. The Morgan fingerprint density at radius 1 is 1.18 bits per heavy atom. The third kappa shape index (κ3) is 5.01. The first kappa shape index (κ1) is 19.7. The van der Waals surface area contributed by atoms with E-state index in [0.717, 1.165) is 0 Å². The number of aromatic nitrogens is 2. The molecule has 1 N–H and O–H groups in total. The zero-order valence-electron chi connectivity index (χ0n) is 14.5. The molecule has 0 atom stereocenters. The van der Waals surface area contributed by atoms with E-state index in [4.69, 9.17) is 9.37 Å². The summed E-state index contributed by atoms with van der Waals surface area (Å²) in [6.45, 7) is -0.146. The molecule has 9 heteroatoms. The van der Waals surface area contributed by atoms with E-state index < -0.39 is 5.82 Å². The predicted octanol–water partition coefficient (Wildman–Crippen LogP) is 3.58. The molecule has 0 spiro atoms. The number of oxime groups is 1. The van der Waals surface area contributed by atoms with Gasteiger partial charge in [-0.05, 0) is 50.9 Å². The Balaban J connectivity index is 1.67. The second kappa shape index (κ2) is 9.23. The molecule has 0 aliphatic heterocycles. The third-order valence-corrected chi connectivity index (χ3v) is 4.42. The number of hydrogen-bond donors (Lipinski definition) is 1. The second-order valence-electron chi connectivity index (χ2n) is 5.85. The molecule has 7 nitrogen and oxygen atoms in total. The molecule has 0 saturated carbocycles. The van der Waals surface area contributed by atoms with Gasteiger partial charge >= 0.3 is 0 Å². The normalized spacial score (nSPS) is 11.4. The fourth-order valence-electron chi connectivity index (χ4n) is 2.47. The van der Waals surface area contributed by atoms with E-state index >= 15 is 0 Å². The summed E-state index contributed by atoms with van der Waals surface area (Å²) >= 11 is 3.11. The van der Waals surface area contributed by atoms with E-state index in [1.165, 1.54) is 6.07 Å². The molecular weight excluding hydrogens is 433 g/mol. The van der Waals surface area contributed by atoms with Gasteiger partial charge in [0, 0.05) is 6.42 Å². The molecule has 0 radical (unpaired) electrons. The van der Waals surface area contributed by atoms with Crippen molar-refractivity contribution in [2.24, 2.45) is 5.16 Å². The van der Waals surface area contributed by atoms with Gasteiger partial charge in [0.2, 0.25) is 0 Å². The summed E-state index contributed by atoms with van der Waals surface area (Å²) in [5.74, 6) is -0.0736. The number of ketones is 1. The van der Waals surface area contributed by atoms with Gasteiger partial charge in [-0.1, -0.05) is 34.6 Å². The van der Waals surface area contributed by atoms with Crippen molar-refractivity contribution in [3.63, 3.8) is 0 Å². The zero-order chi connectivity index (χ0) is 19.9. The highest BCUT2D eigenvalue weighted by atomic mass is 79.9. The Labute approximate surface area is 167 Å². The van der Waals surface area contributed by atoms with Gasteiger partial charge in [-0.3, -0.25) is 4.79 Å². The van der Waals surface area contributed by atoms with Gasteiger partial charge in [-0.15, -0.1) is 0 Å². The van der Waals surface area contributed by atoms with Crippen molar-refractivity contribution >= 4 is 27.4 Å². The van der Waals surface area contributed by atoms with Gasteiger partial charge in [0.05, 0.1) is 10.9 Å². The van der Waals surface area contributed by atoms with Crippen LogP contribution in [0.3, 0.4) is 0 Å². The molecule has 0 amide bonds. The van der Waals surface area contributed by atoms with Crippen molar-refractivity contribution in [2.75, 3.05) is 6.61 Å². The highest BCUT2D eigenvalue weighted by Crippen LogP contribution is 2.19. The number of Topliss-reactive ketones (excluding diaryl/α,β-unsaturated/α-hetero) is 1. The molecule has 144 valence electrons. The molecule has 1 heterocycles. The number of ether oxygens (including phenoxy) is 1. The molecule has 2 aromatic carbocycles. The minimum Gasteiger partial charge on any atom is -0.486 e. The van der Waals surface area contributed by atoms with E-state index in [-0.39, 0.29) is 46.8 Å². The molecule has 0 aliphatic carbocycles. The summed E-state index contributed by atoms with van der Waals surface area (Å²) in [7, 11) is 0. The van der Waals surface area contributed by atoms with Crippen LogP contribution in [-0.4, -0.2) is 33.6 Å². The van der Waals surface area contributed by atoms with Gasteiger partial charge in [0.1, 0.15) is 29.6 Å². The van der Waals surface area contributed by atoms with Crippen LogP contribution in [0, 0.1) is 5.82 Å². The van der Waals surface area contributed by atoms with Crippen molar-refractivity contribution < 1.29 is 23.8 Å². The number of halogens is 2. The lowest BCUT2D eigenvalue weighted by molar-refractivity contribution is -0.120. The molecule has 0 fully saturated rings.